The van der Waals surface area contributed by atoms with Gasteiger partial charge in [-0.2, -0.15) is 0 Å². The van der Waals surface area contributed by atoms with Gasteiger partial charge in [0.25, 0.3) is 5.91 Å². The average Bonchev–Trinajstić information content (AvgIpc) is 3.56. The maximum absolute atomic E-state index is 12.4. The number of hydrogen-bond acceptors (Lipinski definition) is 4. The van der Waals surface area contributed by atoms with Crippen LogP contribution in [0.3, 0.4) is 0 Å². The van der Waals surface area contributed by atoms with Crippen molar-refractivity contribution < 1.29 is 19.1 Å². The molecule has 0 aromatic heterocycles. The van der Waals surface area contributed by atoms with E-state index in [4.69, 9.17) is 9.47 Å². The van der Waals surface area contributed by atoms with Crippen LogP contribution in [-0.2, 0) is 4.79 Å². The molecule has 2 aromatic carbocycles. The second kappa shape index (κ2) is 9.26. The van der Waals surface area contributed by atoms with E-state index < -0.39 is 0 Å². The highest BCUT2D eigenvalue weighted by atomic mass is 16.5. The van der Waals surface area contributed by atoms with Crippen LogP contribution in [-0.4, -0.2) is 32.1 Å². The van der Waals surface area contributed by atoms with Crippen LogP contribution in [0.1, 0.15) is 41.7 Å². The number of carbonyl (C=O) groups excluding carboxylic acids is 2. The van der Waals surface area contributed by atoms with E-state index in [0.717, 1.165) is 24.2 Å². The number of benzene rings is 2. The Balaban J connectivity index is 1.53. The van der Waals surface area contributed by atoms with Gasteiger partial charge in [-0.15, -0.1) is 0 Å². The predicted octanol–water partition coefficient (Wildman–Crippen LogP) is 3.09. The number of rotatable bonds is 9. The van der Waals surface area contributed by atoms with Gasteiger partial charge in [0.05, 0.1) is 26.3 Å². The number of hydrogen-bond donors (Lipinski definition) is 2. The lowest BCUT2D eigenvalue weighted by atomic mass is 10.0. The van der Waals surface area contributed by atoms with Crippen LogP contribution >= 0.6 is 0 Å². The molecule has 1 unspecified atom stereocenters. The molecule has 1 aliphatic rings. The summed E-state index contributed by atoms with van der Waals surface area (Å²) >= 11 is 0. The molecule has 1 saturated carbocycles. The first kappa shape index (κ1) is 19.7. The second-order valence-corrected chi connectivity index (χ2v) is 6.80. The van der Waals surface area contributed by atoms with Crippen molar-refractivity contribution in [3.05, 3.63) is 59.7 Å². The zero-order valence-electron chi connectivity index (χ0n) is 16.2. The van der Waals surface area contributed by atoms with E-state index in [1.54, 1.807) is 31.4 Å². The monoisotopic (exact) mass is 382 g/mol. The predicted molar refractivity (Wildman–Crippen MR) is 107 cm³/mol. The lowest BCUT2D eigenvalue weighted by Crippen LogP contribution is -2.39. The molecule has 0 heterocycles. The fraction of sp³-hybridized carbons (Fsp3) is 0.364. The molecule has 2 amide bonds. The highest BCUT2D eigenvalue weighted by Crippen LogP contribution is 2.41. The highest BCUT2D eigenvalue weighted by Gasteiger charge is 2.33. The molecule has 0 bridgehead atoms. The zero-order valence-corrected chi connectivity index (χ0v) is 16.2. The van der Waals surface area contributed by atoms with Crippen molar-refractivity contribution in [3.63, 3.8) is 0 Å². The Morgan fingerprint density at radius 3 is 2.25 bits per heavy atom. The van der Waals surface area contributed by atoms with Gasteiger partial charge in [-0.25, -0.2) is 0 Å². The minimum Gasteiger partial charge on any atom is -0.497 e. The maximum Gasteiger partial charge on any atom is 0.251 e. The highest BCUT2D eigenvalue weighted by molar-refractivity contribution is 5.96. The van der Waals surface area contributed by atoms with Gasteiger partial charge in [-0.05, 0) is 67.6 Å². The van der Waals surface area contributed by atoms with E-state index in [0.29, 0.717) is 23.8 Å². The Morgan fingerprint density at radius 2 is 1.68 bits per heavy atom. The molecular formula is C22H26N2O4. The van der Waals surface area contributed by atoms with Crippen LogP contribution in [0.4, 0.5) is 0 Å². The lowest BCUT2D eigenvalue weighted by molar-refractivity contribution is -0.121. The van der Waals surface area contributed by atoms with Gasteiger partial charge < -0.3 is 20.1 Å². The molecule has 28 heavy (non-hydrogen) atoms. The molecule has 1 atom stereocenters. The summed E-state index contributed by atoms with van der Waals surface area (Å²) < 4.78 is 10.6. The smallest absolute Gasteiger partial charge is 0.251 e. The summed E-state index contributed by atoms with van der Waals surface area (Å²) in [6.45, 7) is 2.41. The van der Waals surface area contributed by atoms with E-state index in [2.05, 4.69) is 10.6 Å². The summed E-state index contributed by atoms with van der Waals surface area (Å²) in [5.74, 6) is 1.45. The lowest BCUT2D eigenvalue weighted by Gasteiger charge is -2.19. The Hall–Kier alpha value is -3.02. The summed E-state index contributed by atoms with van der Waals surface area (Å²) in [4.78, 5) is 24.6. The van der Waals surface area contributed by atoms with E-state index >= 15 is 0 Å². The Labute approximate surface area is 165 Å². The molecule has 6 heteroatoms. The molecule has 0 saturated heterocycles. The molecule has 2 N–H and O–H groups in total. The fourth-order valence-corrected chi connectivity index (χ4v) is 3.07. The van der Waals surface area contributed by atoms with Crippen LogP contribution in [0.15, 0.2) is 48.5 Å². The van der Waals surface area contributed by atoms with Crippen molar-refractivity contribution >= 4 is 11.8 Å². The molecule has 0 spiro atoms. The third kappa shape index (κ3) is 5.25. The van der Waals surface area contributed by atoms with Crippen LogP contribution < -0.4 is 20.1 Å². The van der Waals surface area contributed by atoms with Crippen LogP contribution in [0.5, 0.6) is 11.5 Å². The summed E-state index contributed by atoms with van der Waals surface area (Å²) in [7, 11) is 1.63. The molecule has 0 aliphatic heterocycles. The topological polar surface area (TPSA) is 76.7 Å². The van der Waals surface area contributed by atoms with E-state index in [-0.39, 0.29) is 24.4 Å². The standard InChI is InChI=1S/C22H26N2O4/c1-3-28-19-12-8-17(9-13-19)22(26)23-14-20(25)24-21(15-4-5-15)16-6-10-18(27-2)11-7-16/h6-13,15,21H,3-5,14H2,1-2H3,(H,23,26)(H,24,25). The van der Waals surface area contributed by atoms with Crippen molar-refractivity contribution in [3.8, 4) is 11.5 Å². The first-order chi connectivity index (χ1) is 13.6. The van der Waals surface area contributed by atoms with E-state index in [9.17, 15) is 9.59 Å². The first-order valence-corrected chi connectivity index (χ1v) is 9.55. The zero-order chi connectivity index (χ0) is 19.9. The van der Waals surface area contributed by atoms with Crippen LogP contribution in [0.2, 0.25) is 0 Å². The SMILES string of the molecule is CCOc1ccc(C(=O)NCC(=O)NC(c2ccc(OC)cc2)C2CC2)cc1. The number of nitrogens with one attached hydrogen (secondary N) is 2. The summed E-state index contributed by atoms with van der Waals surface area (Å²) in [5, 5.41) is 5.72. The maximum atomic E-state index is 12.4. The van der Waals surface area contributed by atoms with Gasteiger partial charge in [0.15, 0.2) is 0 Å². The third-order valence-corrected chi connectivity index (χ3v) is 4.72. The van der Waals surface area contributed by atoms with Crippen molar-refractivity contribution in [1.82, 2.24) is 10.6 Å². The van der Waals surface area contributed by atoms with Gasteiger partial charge >= 0.3 is 0 Å². The Bertz CT molecular complexity index is 798. The molecular weight excluding hydrogens is 356 g/mol. The molecule has 3 rings (SSSR count). The van der Waals surface area contributed by atoms with Crippen molar-refractivity contribution in [2.24, 2.45) is 5.92 Å². The normalized spacial score (nSPS) is 14.1. The van der Waals surface area contributed by atoms with Gasteiger partial charge in [-0.1, -0.05) is 12.1 Å². The first-order valence-electron chi connectivity index (χ1n) is 9.55. The minimum absolute atomic E-state index is 0.0409. The van der Waals surface area contributed by atoms with Gasteiger partial charge in [0.2, 0.25) is 5.91 Å². The summed E-state index contributed by atoms with van der Waals surface area (Å²) in [6, 6.07) is 14.5. The molecule has 6 nitrogen and oxygen atoms in total. The molecule has 1 aliphatic carbocycles. The van der Waals surface area contributed by atoms with E-state index in [1.165, 1.54) is 0 Å². The fourth-order valence-electron chi connectivity index (χ4n) is 3.07. The van der Waals surface area contributed by atoms with Crippen molar-refractivity contribution in [1.29, 1.82) is 0 Å². The number of methoxy groups -OCH3 is 1. The molecule has 1 fully saturated rings. The van der Waals surface area contributed by atoms with E-state index in [1.807, 2.05) is 31.2 Å². The van der Waals surface area contributed by atoms with Gasteiger partial charge in [0.1, 0.15) is 11.5 Å². The Morgan fingerprint density at radius 1 is 1.04 bits per heavy atom. The average molecular weight is 382 g/mol. The largest absolute Gasteiger partial charge is 0.497 e. The Kier molecular flexibility index (Phi) is 6.53. The summed E-state index contributed by atoms with van der Waals surface area (Å²) in [5.41, 5.74) is 1.54. The third-order valence-electron chi connectivity index (χ3n) is 4.72. The number of ether oxygens (including phenoxy) is 2. The molecule has 0 radical (unpaired) electrons. The second-order valence-electron chi connectivity index (χ2n) is 6.80. The van der Waals surface area contributed by atoms with Crippen molar-refractivity contribution in [2.45, 2.75) is 25.8 Å². The van der Waals surface area contributed by atoms with Crippen LogP contribution in [0, 0.1) is 5.92 Å². The quantitative estimate of drug-likeness (QED) is 0.699. The molecule has 2 aromatic rings. The van der Waals surface area contributed by atoms with Gasteiger partial charge in [-0.3, -0.25) is 9.59 Å². The van der Waals surface area contributed by atoms with Crippen molar-refractivity contribution in [2.75, 3.05) is 20.3 Å². The molecule has 148 valence electrons. The minimum atomic E-state index is -0.286. The number of carbonyl (C=O) groups is 2. The summed E-state index contributed by atoms with van der Waals surface area (Å²) in [6.07, 6.45) is 2.19. The number of amides is 2. The van der Waals surface area contributed by atoms with Crippen LogP contribution in [0.25, 0.3) is 0 Å². The van der Waals surface area contributed by atoms with Gasteiger partial charge in [0, 0.05) is 5.56 Å².